The molecule has 6 atom stereocenters. The Morgan fingerprint density at radius 3 is 1.38 bits per heavy atom. The number of esters is 1. The molecule has 0 aromatic rings. The molecule has 12 nitrogen and oxygen atoms in total. The number of aliphatic hydroxyl groups is 3. The molecule has 0 saturated carbocycles. The van der Waals surface area contributed by atoms with Crippen LogP contribution in [0.3, 0.4) is 0 Å². The summed E-state index contributed by atoms with van der Waals surface area (Å²) in [5.74, 6) is -0.399. The van der Waals surface area contributed by atoms with Crippen LogP contribution in [-0.2, 0) is 38.3 Å². The summed E-state index contributed by atoms with van der Waals surface area (Å²) in [6.07, 6.45) is 42.1. The van der Waals surface area contributed by atoms with Crippen molar-refractivity contribution in [3.05, 3.63) is 24.3 Å². The summed E-state index contributed by atoms with van der Waals surface area (Å²) in [6, 6.07) is 0. The van der Waals surface area contributed by atoms with Gasteiger partial charge in [0, 0.05) is 13.0 Å². The van der Waals surface area contributed by atoms with Gasteiger partial charge in [0.25, 0.3) is 0 Å². The van der Waals surface area contributed by atoms with Gasteiger partial charge in [-0.1, -0.05) is 192 Å². The Kier molecular flexibility index (Phi) is 41.5. The first-order valence-corrected chi connectivity index (χ1v) is 28.0. The molecule has 0 spiro atoms. The van der Waals surface area contributed by atoms with Gasteiger partial charge in [0.05, 0.1) is 19.8 Å². The fourth-order valence-corrected chi connectivity index (χ4v) is 8.76. The molecule has 384 valence electrons. The summed E-state index contributed by atoms with van der Waals surface area (Å²) >= 11 is 0. The van der Waals surface area contributed by atoms with Crippen molar-refractivity contribution in [3.63, 3.8) is 0 Å². The van der Waals surface area contributed by atoms with E-state index in [2.05, 4.69) is 42.3 Å². The van der Waals surface area contributed by atoms with Gasteiger partial charge in [0.1, 0.15) is 30.5 Å². The van der Waals surface area contributed by atoms with Crippen LogP contribution in [0.4, 0.5) is 0 Å². The van der Waals surface area contributed by atoms with Gasteiger partial charge in [0.15, 0.2) is 6.29 Å². The molecule has 0 aromatic carbocycles. The summed E-state index contributed by atoms with van der Waals surface area (Å²) in [7, 11) is -5.06. The molecule has 0 amide bonds. The number of allylic oxidation sites excluding steroid dienone is 4. The highest BCUT2D eigenvalue weighted by Crippen LogP contribution is 2.26. The van der Waals surface area contributed by atoms with Gasteiger partial charge < -0.3 is 34.3 Å². The van der Waals surface area contributed by atoms with E-state index in [1.54, 1.807) is 0 Å². The van der Waals surface area contributed by atoms with E-state index in [4.69, 9.17) is 18.9 Å². The second-order valence-corrected chi connectivity index (χ2v) is 19.5. The Morgan fingerprint density at radius 1 is 0.569 bits per heavy atom. The Hall–Kier alpha value is -1.42. The monoisotopic (exact) mass is 947 g/mol. The quantitative estimate of drug-likeness (QED) is 0.0197. The number of unbranched alkanes of at least 4 members (excludes halogenated alkanes) is 30. The van der Waals surface area contributed by atoms with E-state index < -0.39 is 59.8 Å². The van der Waals surface area contributed by atoms with E-state index in [-0.39, 0.29) is 19.6 Å². The molecule has 0 aromatic heterocycles. The smallest absolute Gasteiger partial charge is 0.397 e. The van der Waals surface area contributed by atoms with Crippen LogP contribution in [0, 0.1) is 0 Å². The van der Waals surface area contributed by atoms with Crippen LogP contribution < -0.4 is 0 Å². The summed E-state index contributed by atoms with van der Waals surface area (Å²) in [5.41, 5.74) is 0. The van der Waals surface area contributed by atoms with E-state index >= 15 is 0 Å². The molecule has 1 aliphatic rings. The number of ether oxygens (including phenoxy) is 4. The zero-order chi connectivity index (χ0) is 47.5. The molecule has 0 bridgehead atoms. The number of carbonyl (C=O) groups is 1. The zero-order valence-corrected chi connectivity index (χ0v) is 42.1. The van der Waals surface area contributed by atoms with Crippen LogP contribution in [0.5, 0.6) is 0 Å². The fraction of sp³-hybridized carbons (Fsp3) is 0.904. The maximum atomic E-state index is 12.9. The molecule has 13 heteroatoms. The number of hydrogen-bond acceptors (Lipinski definition) is 11. The van der Waals surface area contributed by atoms with Crippen LogP contribution >= 0.6 is 0 Å². The molecular weight excluding hydrogens is 849 g/mol. The number of rotatable bonds is 47. The van der Waals surface area contributed by atoms with Crippen LogP contribution in [0.25, 0.3) is 0 Å². The first-order chi connectivity index (χ1) is 31.6. The molecule has 65 heavy (non-hydrogen) atoms. The lowest BCUT2D eigenvalue weighted by Crippen LogP contribution is -2.60. The van der Waals surface area contributed by atoms with Crippen molar-refractivity contribution in [1.29, 1.82) is 0 Å². The Bertz CT molecular complexity index is 1230. The van der Waals surface area contributed by atoms with Crippen molar-refractivity contribution in [2.75, 3.05) is 26.4 Å². The average molecular weight is 947 g/mol. The van der Waals surface area contributed by atoms with E-state index in [9.17, 15) is 33.1 Å². The molecule has 0 radical (unpaired) electrons. The van der Waals surface area contributed by atoms with Crippen molar-refractivity contribution in [2.45, 2.75) is 275 Å². The van der Waals surface area contributed by atoms with Crippen molar-refractivity contribution < 1.29 is 56.2 Å². The molecular formula is C52H98O12S. The third-order valence-electron chi connectivity index (χ3n) is 12.3. The lowest BCUT2D eigenvalue weighted by molar-refractivity contribution is -0.301. The van der Waals surface area contributed by atoms with E-state index in [0.29, 0.717) is 13.0 Å². The minimum Gasteiger partial charge on any atom is -0.457 e. The Balaban J connectivity index is 2.32. The highest BCUT2D eigenvalue weighted by Gasteiger charge is 2.48. The molecule has 0 aliphatic carbocycles. The summed E-state index contributed by atoms with van der Waals surface area (Å²) in [6.45, 7) is 4.00. The molecule has 1 heterocycles. The largest absolute Gasteiger partial charge is 0.457 e. The third-order valence-corrected chi connectivity index (χ3v) is 12.8. The molecule has 1 rings (SSSR count). The maximum absolute atomic E-state index is 12.9. The first-order valence-electron chi connectivity index (χ1n) is 26.6. The minimum atomic E-state index is -5.06. The topological polar surface area (TPSA) is 178 Å². The van der Waals surface area contributed by atoms with E-state index in [1.165, 1.54) is 167 Å². The van der Waals surface area contributed by atoms with Crippen LogP contribution in [-0.4, -0.2) is 97.5 Å². The molecule has 1 aliphatic heterocycles. The second kappa shape index (κ2) is 43.8. The summed E-state index contributed by atoms with van der Waals surface area (Å²) in [4.78, 5) is 12.9. The molecule has 1 saturated heterocycles. The average Bonchev–Trinajstić information content (AvgIpc) is 3.28. The van der Waals surface area contributed by atoms with Gasteiger partial charge >= 0.3 is 16.4 Å². The van der Waals surface area contributed by atoms with Crippen LogP contribution in [0.15, 0.2) is 24.3 Å². The van der Waals surface area contributed by atoms with Crippen molar-refractivity contribution in [1.82, 2.24) is 0 Å². The SMILES string of the molecule is CCCCCCC/C=C\CCCCCCCCOCC(COC1OC(CO)C(O)C(OS(=O)(=O)O)C1O)OC(=O)CCCCCCCCCCCCC/C=C\CCCCCCCCCC. The number of hydrogen-bond donors (Lipinski definition) is 4. The molecule has 6 unspecified atom stereocenters. The second-order valence-electron chi connectivity index (χ2n) is 18.5. The van der Waals surface area contributed by atoms with Gasteiger partial charge in [-0.25, -0.2) is 4.18 Å². The fourth-order valence-electron chi connectivity index (χ4n) is 8.25. The van der Waals surface area contributed by atoms with E-state index in [0.717, 1.165) is 44.9 Å². The third kappa shape index (κ3) is 37.2. The normalized spacial score (nSPS) is 19.8. The highest BCUT2D eigenvalue weighted by atomic mass is 32.3. The standard InChI is InChI=1S/C52H98O12S/c1-3-5-7-9-11-13-15-17-19-20-21-22-23-24-25-26-27-29-31-33-35-37-39-41-48(54)62-46(45-61-52-50(56)51(64-65(57,58)59)49(55)47(43-53)63-52)44-60-42-40-38-36-34-32-30-28-18-16-14-12-10-8-6-4-2/h16,18,20-21,46-47,49-53,55-56H,3-15,17,19,22-45H2,1-2H3,(H,57,58,59)/b18-16-,21-20-. The van der Waals surface area contributed by atoms with Gasteiger partial charge in [-0.05, 0) is 64.2 Å². The Morgan fingerprint density at radius 2 is 0.969 bits per heavy atom. The maximum Gasteiger partial charge on any atom is 0.397 e. The van der Waals surface area contributed by atoms with Crippen molar-refractivity contribution >= 4 is 16.4 Å². The Labute approximate surface area is 397 Å². The minimum absolute atomic E-state index is 0.0347. The van der Waals surface area contributed by atoms with Crippen molar-refractivity contribution in [2.24, 2.45) is 0 Å². The summed E-state index contributed by atoms with van der Waals surface area (Å²) in [5, 5.41) is 30.8. The predicted molar refractivity (Wildman–Crippen MR) is 262 cm³/mol. The van der Waals surface area contributed by atoms with E-state index in [1.807, 2.05) is 0 Å². The zero-order valence-electron chi connectivity index (χ0n) is 41.3. The predicted octanol–water partition coefficient (Wildman–Crippen LogP) is 12.4. The lowest BCUT2D eigenvalue weighted by atomic mass is 9.99. The van der Waals surface area contributed by atoms with Gasteiger partial charge in [-0.2, -0.15) is 8.42 Å². The van der Waals surface area contributed by atoms with Gasteiger partial charge in [-0.15, -0.1) is 0 Å². The van der Waals surface area contributed by atoms with Crippen LogP contribution in [0.1, 0.15) is 239 Å². The van der Waals surface area contributed by atoms with Crippen LogP contribution in [0.2, 0.25) is 0 Å². The lowest BCUT2D eigenvalue weighted by Gasteiger charge is -2.41. The molecule has 4 N–H and O–H groups in total. The summed E-state index contributed by atoms with van der Waals surface area (Å²) < 4.78 is 59.3. The first kappa shape index (κ1) is 61.6. The van der Waals surface area contributed by atoms with Gasteiger partial charge in [0.2, 0.25) is 0 Å². The number of aliphatic hydroxyl groups excluding tert-OH is 3. The molecule has 1 fully saturated rings. The van der Waals surface area contributed by atoms with Gasteiger partial charge in [-0.3, -0.25) is 9.35 Å². The number of carbonyl (C=O) groups excluding carboxylic acids is 1. The highest BCUT2D eigenvalue weighted by molar-refractivity contribution is 7.80. The van der Waals surface area contributed by atoms with Crippen molar-refractivity contribution in [3.8, 4) is 0 Å².